The molecule has 0 spiro atoms. The Bertz CT molecular complexity index is 462. The molecule has 6 nitrogen and oxygen atoms in total. The summed E-state index contributed by atoms with van der Waals surface area (Å²) < 4.78 is 11.1. The molecule has 0 bridgehead atoms. The van der Waals surface area contributed by atoms with Crippen molar-refractivity contribution in [3.63, 3.8) is 0 Å². The Kier molecular flexibility index (Phi) is 4.67. The number of likely N-dealkylation sites (tertiary alicyclic amines) is 1. The van der Waals surface area contributed by atoms with Gasteiger partial charge in [-0.2, -0.15) is 0 Å². The quantitative estimate of drug-likeness (QED) is 0.913. The van der Waals surface area contributed by atoms with Gasteiger partial charge in [0.1, 0.15) is 0 Å². The van der Waals surface area contributed by atoms with E-state index < -0.39 is 0 Å². The highest BCUT2D eigenvalue weighted by molar-refractivity contribution is 5.74. The van der Waals surface area contributed by atoms with Gasteiger partial charge in [-0.3, -0.25) is 4.98 Å². The standard InChI is InChI=1S/C15H21N3O3/c19-15(17-10-13-5-1-2-6-16-13)18-7-3-4-12(11-18)14-20-8-9-21-14/h1-2,5-6,12,14H,3-4,7-11H2,(H,17,19)/t12-/m0/s1. The van der Waals surface area contributed by atoms with E-state index in [1.54, 1.807) is 6.20 Å². The average Bonchev–Trinajstić information content (AvgIpc) is 3.08. The molecule has 2 fully saturated rings. The van der Waals surface area contributed by atoms with Gasteiger partial charge in [0.25, 0.3) is 0 Å². The second-order valence-corrected chi connectivity index (χ2v) is 5.44. The first-order valence-electron chi connectivity index (χ1n) is 7.49. The molecule has 1 atom stereocenters. The zero-order valence-corrected chi connectivity index (χ0v) is 12.0. The SMILES string of the molecule is O=C(NCc1ccccn1)N1CCC[C@H](C2OCCO2)C1. The van der Waals surface area contributed by atoms with E-state index in [2.05, 4.69) is 10.3 Å². The van der Waals surface area contributed by atoms with Crippen LogP contribution < -0.4 is 5.32 Å². The molecule has 0 unspecified atom stereocenters. The molecule has 0 saturated carbocycles. The summed E-state index contributed by atoms with van der Waals surface area (Å²) in [6, 6.07) is 5.64. The Balaban J connectivity index is 1.49. The first-order chi connectivity index (χ1) is 10.3. The number of ether oxygens (including phenoxy) is 2. The topological polar surface area (TPSA) is 63.7 Å². The number of carbonyl (C=O) groups excluding carboxylic acids is 1. The second kappa shape index (κ2) is 6.87. The van der Waals surface area contributed by atoms with E-state index in [0.717, 1.165) is 25.1 Å². The van der Waals surface area contributed by atoms with Crippen molar-refractivity contribution in [2.24, 2.45) is 5.92 Å². The third-order valence-corrected chi connectivity index (χ3v) is 3.92. The van der Waals surface area contributed by atoms with E-state index in [0.29, 0.717) is 26.3 Å². The predicted molar refractivity (Wildman–Crippen MR) is 76.5 cm³/mol. The fourth-order valence-electron chi connectivity index (χ4n) is 2.85. The molecule has 0 radical (unpaired) electrons. The number of nitrogens with one attached hydrogen (secondary N) is 1. The van der Waals surface area contributed by atoms with Gasteiger partial charge in [-0.1, -0.05) is 6.07 Å². The lowest BCUT2D eigenvalue weighted by Crippen LogP contribution is -2.47. The first kappa shape index (κ1) is 14.3. The Labute approximate surface area is 124 Å². The third kappa shape index (κ3) is 3.71. The molecule has 0 aromatic carbocycles. The highest BCUT2D eigenvalue weighted by Gasteiger charge is 2.32. The van der Waals surface area contributed by atoms with Crippen LogP contribution in [0.3, 0.4) is 0 Å². The predicted octanol–water partition coefficient (Wildman–Crippen LogP) is 1.38. The summed E-state index contributed by atoms with van der Waals surface area (Å²) in [6.45, 7) is 3.26. The van der Waals surface area contributed by atoms with Crippen molar-refractivity contribution in [3.8, 4) is 0 Å². The summed E-state index contributed by atoms with van der Waals surface area (Å²) in [5.41, 5.74) is 0.863. The Morgan fingerprint density at radius 3 is 3.00 bits per heavy atom. The van der Waals surface area contributed by atoms with Gasteiger partial charge in [-0.25, -0.2) is 4.79 Å². The van der Waals surface area contributed by atoms with E-state index in [1.165, 1.54) is 0 Å². The third-order valence-electron chi connectivity index (χ3n) is 3.92. The zero-order chi connectivity index (χ0) is 14.5. The highest BCUT2D eigenvalue weighted by Crippen LogP contribution is 2.24. The number of carbonyl (C=O) groups is 1. The maximum atomic E-state index is 12.2. The van der Waals surface area contributed by atoms with Crippen LogP contribution >= 0.6 is 0 Å². The Hall–Kier alpha value is -1.66. The molecule has 2 aliphatic rings. The van der Waals surface area contributed by atoms with Crippen LogP contribution in [0.5, 0.6) is 0 Å². The van der Waals surface area contributed by atoms with Crippen LogP contribution in [0.15, 0.2) is 24.4 Å². The van der Waals surface area contributed by atoms with Gasteiger partial charge in [0.05, 0.1) is 25.5 Å². The van der Waals surface area contributed by atoms with Crippen LogP contribution in [0.4, 0.5) is 4.79 Å². The summed E-state index contributed by atoms with van der Waals surface area (Å²) in [5, 5.41) is 2.92. The van der Waals surface area contributed by atoms with Gasteiger partial charge >= 0.3 is 6.03 Å². The second-order valence-electron chi connectivity index (χ2n) is 5.44. The van der Waals surface area contributed by atoms with E-state index in [-0.39, 0.29) is 18.2 Å². The number of pyridine rings is 1. The Morgan fingerprint density at radius 1 is 1.38 bits per heavy atom. The van der Waals surface area contributed by atoms with Crippen LogP contribution in [0, 0.1) is 5.92 Å². The largest absolute Gasteiger partial charge is 0.350 e. The van der Waals surface area contributed by atoms with Gasteiger partial charge in [-0.15, -0.1) is 0 Å². The van der Waals surface area contributed by atoms with E-state index in [1.807, 2.05) is 23.1 Å². The summed E-state index contributed by atoms with van der Waals surface area (Å²) in [5.74, 6) is 0.279. The average molecular weight is 291 g/mol. The minimum atomic E-state index is -0.142. The summed E-state index contributed by atoms with van der Waals surface area (Å²) in [6.07, 6.45) is 3.63. The summed E-state index contributed by atoms with van der Waals surface area (Å²) in [7, 11) is 0. The van der Waals surface area contributed by atoms with E-state index in [9.17, 15) is 4.79 Å². The van der Waals surface area contributed by atoms with Crippen LogP contribution in [-0.4, -0.2) is 48.5 Å². The number of urea groups is 1. The molecule has 3 rings (SSSR count). The molecule has 2 saturated heterocycles. The fraction of sp³-hybridized carbons (Fsp3) is 0.600. The number of hydrogen-bond donors (Lipinski definition) is 1. The number of rotatable bonds is 3. The molecule has 2 amide bonds. The van der Waals surface area contributed by atoms with Gasteiger partial charge < -0.3 is 19.7 Å². The Morgan fingerprint density at radius 2 is 2.24 bits per heavy atom. The van der Waals surface area contributed by atoms with Crippen molar-refractivity contribution in [2.45, 2.75) is 25.7 Å². The molecule has 21 heavy (non-hydrogen) atoms. The molecular weight excluding hydrogens is 270 g/mol. The van der Waals surface area contributed by atoms with Gasteiger partial charge in [-0.05, 0) is 25.0 Å². The van der Waals surface area contributed by atoms with E-state index in [4.69, 9.17) is 9.47 Å². The molecule has 3 heterocycles. The smallest absolute Gasteiger partial charge is 0.317 e. The molecule has 1 aromatic heterocycles. The number of nitrogens with zero attached hydrogens (tertiary/aromatic N) is 2. The van der Waals surface area contributed by atoms with Gasteiger partial charge in [0.2, 0.25) is 0 Å². The minimum Gasteiger partial charge on any atom is -0.350 e. The maximum absolute atomic E-state index is 12.2. The lowest BCUT2D eigenvalue weighted by molar-refractivity contribution is -0.0963. The first-order valence-corrected chi connectivity index (χ1v) is 7.49. The molecular formula is C15H21N3O3. The molecule has 6 heteroatoms. The maximum Gasteiger partial charge on any atom is 0.317 e. The van der Waals surface area contributed by atoms with Crippen molar-refractivity contribution >= 4 is 6.03 Å². The van der Waals surface area contributed by atoms with Gasteiger partial charge in [0, 0.05) is 25.2 Å². The fourth-order valence-corrected chi connectivity index (χ4v) is 2.85. The van der Waals surface area contributed by atoms with Crippen LogP contribution in [0.25, 0.3) is 0 Å². The lowest BCUT2D eigenvalue weighted by atomic mass is 9.98. The van der Waals surface area contributed by atoms with Crippen molar-refractivity contribution in [2.75, 3.05) is 26.3 Å². The zero-order valence-electron chi connectivity index (χ0n) is 12.0. The van der Waals surface area contributed by atoms with Gasteiger partial charge in [0.15, 0.2) is 6.29 Å². The molecule has 1 aromatic rings. The molecule has 2 aliphatic heterocycles. The van der Waals surface area contributed by atoms with Crippen LogP contribution in [0.1, 0.15) is 18.5 Å². The van der Waals surface area contributed by atoms with Crippen LogP contribution in [0.2, 0.25) is 0 Å². The summed E-state index contributed by atoms with van der Waals surface area (Å²) >= 11 is 0. The summed E-state index contributed by atoms with van der Waals surface area (Å²) in [4.78, 5) is 18.3. The van der Waals surface area contributed by atoms with Crippen molar-refractivity contribution < 1.29 is 14.3 Å². The molecule has 114 valence electrons. The lowest BCUT2D eigenvalue weighted by Gasteiger charge is -2.34. The molecule has 0 aliphatic carbocycles. The van der Waals surface area contributed by atoms with E-state index >= 15 is 0 Å². The molecule has 1 N–H and O–H groups in total. The number of aromatic nitrogens is 1. The van der Waals surface area contributed by atoms with Crippen molar-refractivity contribution in [3.05, 3.63) is 30.1 Å². The van der Waals surface area contributed by atoms with Crippen LogP contribution in [-0.2, 0) is 16.0 Å². The number of hydrogen-bond acceptors (Lipinski definition) is 4. The minimum absolute atomic E-state index is 0.0386. The monoisotopic (exact) mass is 291 g/mol. The van der Waals surface area contributed by atoms with Crippen molar-refractivity contribution in [1.29, 1.82) is 0 Å². The number of amides is 2. The normalized spacial score (nSPS) is 23.2. The van der Waals surface area contributed by atoms with Crippen molar-refractivity contribution in [1.82, 2.24) is 15.2 Å². The number of piperidine rings is 1. The highest BCUT2D eigenvalue weighted by atomic mass is 16.7.